The summed E-state index contributed by atoms with van der Waals surface area (Å²) < 4.78 is 13.2. The molecule has 0 unspecified atom stereocenters. The Kier molecular flexibility index (Phi) is 6.14. The molecule has 4 aromatic rings. The van der Waals surface area contributed by atoms with Crippen LogP contribution in [-0.2, 0) is 6.54 Å². The first-order valence-electron chi connectivity index (χ1n) is 11.3. The molecular formula is C28H26ClN3O3. The zero-order valence-electron chi connectivity index (χ0n) is 19.8. The topological polar surface area (TPSA) is 55.7 Å². The van der Waals surface area contributed by atoms with Gasteiger partial charge in [0.2, 0.25) is 0 Å². The number of halogens is 1. The van der Waals surface area contributed by atoms with E-state index >= 15 is 0 Å². The number of nitrogens with zero attached hydrogens (tertiary/aromatic N) is 2. The summed E-state index contributed by atoms with van der Waals surface area (Å²) in [5.41, 5.74) is 5.57. The van der Waals surface area contributed by atoms with Gasteiger partial charge in [0.05, 0.1) is 32.5 Å². The van der Waals surface area contributed by atoms with Crippen molar-refractivity contribution < 1.29 is 14.3 Å². The highest BCUT2D eigenvalue weighted by atomic mass is 35.5. The molecule has 35 heavy (non-hydrogen) atoms. The lowest BCUT2D eigenvalue weighted by atomic mass is 10.0. The van der Waals surface area contributed by atoms with Gasteiger partial charge >= 0.3 is 6.03 Å². The van der Waals surface area contributed by atoms with E-state index in [9.17, 15) is 4.79 Å². The predicted octanol–water partition coefficient (Wildman–Crippen LogP) is 6.59. The molecule has 0 spiro atoms. The van der Waals surface area contributed by atoms with Crippen LogP contribution in [0.4, 0.5) is 10.5 Å². The number of carbonyl (C=O) groups is 1. The molecule has 0 radical (unpaired) electrons. The van der Waals surface area contributed by atoms with Gasteiger partial charge in [-0.15, -0.1) is 0 Å². The van der Waals surface area contributed by atoms with Gasteiger partial charge in [-0.25, -0.2) is 4.79 Å². The van der Waals surface area contributed by atoms with Gasteiger partial charge in [0.25, 0.3) is 0 Å². The third-order valence-corrected chi connectivity index (χ3v) is 6.78. The number of carbonyl (C=O) groups excluding carboxylic acids is 1. The van der Waals surface area contributed by atoms with Gasteiger partial charge in [-0.1, -0.05) is 41.9 Å². The molecule has 3 aromatic carbocycles. The minimum Gasteiger partial charge on any atom is -0.493 e. The number of para-hydroxylation sites is 1. The predicted molar refractivity (Wildman–Crippen MR) is 138 cm³/mol. The van der Waals surface area contributed by atoms with Crippen LogP contribution in [0.25, 0.3) is 5.69 Å². The van der Waals surface area contributed by atoms with Gasteiger partial charge < -0.3 is 24.3 Å². The van der Waals surface area contributed by atoms with E-state index < -0.39 is 0 Å². The van der Waals surface area contributed by atoms with Crippen molar-refractivity contribution in [1.82, 2.24) is 9.47 Å². The second-order valence-corrected chi connectivity index (χ2v) is 8.88. The third-order valence-electron chi connectivity index (χ3n) is 6.37. The van der Waals surface area contributed by atoms with Crippen LogP contribution in [0.1, 0.15) is 28.4 Å². The zero-order valence-corrected chi connectivity index (χ0v) is 20.5. The Morgan fingerprint density at radius 2 is 1.77 bits per heavy atom. The lowest BCUT2D eigenvalue weighted by Crippen LogP contribution is -2.38. The van der Waals surface area contributed by atoms with Crippen molar-refractivity contribution in [3.05, 3.63) is 106 Å². The molecule has 1 N–H and O–H groups in total. The Morgan fingerprint density at radius 3 is 2.54 bits per heavy atom. The van der Waals surface area contributed by atoms with Crippen LogP contribution >= 0.6 is 11.6 Å². The summed E-state index contributed by atoms with van der Waals surface area (Å²) in [6.45, 7) is 2.35. The van der Waals surface area contributed by atoms with Crippen molar-refractivity contribution in [3.8, 4) is 17.2 Å². The fourth-order valence-electron chi connectivity index (χ4n) is 4.58. The molecule has 1 aromatic heterocycles. The Hall–Kier alpha value is -3.90. The number of nitrogens with one attached hydrogen (secondary N) is 1. The molecule has 0 aliphatic carbocycles. The number of hydrogen-bond donors (Lipinski definition) is 1. The molecule has 178 valence electrons. The van der Waals surface area contributed by atoms with E-state index in [-0.39, 0.29) is 12.1 Å². The normalized spacial score (nSPS) is 14.5. The second kappa shape index (κ2) is 9.39. The minimum atomic E-state index is -0.377. The molecule has 5 rings (SSSR count). The molecule has 7 heteroatoms. The van der Waals surface area contributed by atoms with E-state index in [1.807, 2.05) is 72.6 Å². The van der Waals surface area contributed by atoms with E-state index in [2.05, 4.69) is 22.0 Å². The van der Waals surface area contributed by atoms with Crippen LogP contribution in [0.2, 0.25) is 5.02 Å². The van der Waals surface area contributed by atoms with Crippen LogP contribution < -0.4 is 14.8 Å². The number of hydrogen-bond acceptors (Lipinski definition) is 3. The molecule has 6 nitrogen and oxygen atoms in total. The van der Waals surface area contributed by atoms with E-state index in [0.717, 1.165) is 28.1 Å². The standard InChI is InChI=1S/C28H26ClN3O3/c1-18-10-12-21(16-22(18)29)30-28(33)32-17-20-7-4-5-8-23(20)31-14-6-9-24(31)27(32)19-11-13-25(34-2)26(15-19)35-3/h4-16,27H,17H2,1-3H3,(H,30,33)/t27-/m1/s1. The molecule has 0 fully saturated rings. The van der Waals surface area contributed by atoms with Crippen LogP contribution in [0.5, 0.6) is 11.5 Å². The number of amides is 2. The van der Waals surface area contributed by atoms with Crippen molar-refractivity contribution in [1.29, 1.82) is 0 Å². The highest BCUT2D eigenvalue weighted by Gasteiger charge is 2.33. The van der Waals surface area contributed by atoms with Gasteiger partial charge in [-0.05, 0) is 66.1 Å². The van der Waals surface area contributed by atoms with Crippen LogP contribution in [0, 0.1) is 6.92 Å². The fraction of sp³-hybridized carbons (Fsp3) is 0.179. The number of aromatic nitrogens is 1. The maximum atomic E-state index is 13.8. The first kappa shape index (κ1) is 22.9. The summed E-state index contributed by atoms with van der Waals surface area (Å²) in [5, 5.41) is 3.66. The first-order chi connectivity index (χ1) is 17.0. The number of aryl methyl sites for hydroxylation is 1. The number of rotatable bonds is 4. The summed E-state index contributed by atoms with van der Waals surface area (Å²) in [7, 11) is 3.22. The average Bonchev–Trinajstić information content (AvgIpc) is 3.30. The molecule has 1 atom stereocenters. The lowest BCUT2D eigenvalue weighted by Gasteiger charge is -2.31. The van der Waals surface area contributed by atoms with Gasteiger partial charge in [0.15, 0.2) is 11.5 Å². The SMILES string of the molecule is COc1ccc([C@@H]2c3cccn3-c3ccccc3CN2C(=O)Nc2ccc(C)c(Cl)c2)cc1OC. The quantitative estimate of drug-likeness (QED) is 0.353. The Morgan fingerprint density at radius 1 is 0.971 bits per heavy atom. The average molecular weight is 488 g/mol. The van der Waals surface area contributed by atoms with E-state index in [0.29, 0.717) is 28.8 Å². The number of ether oxygens (including phenoxy) is 2. The van der Waals surface area contributed by atoms with Crippen molar-refractivity contribution in [3.63, 3.8) is 0 Å². The summed E-state index contributed by atoms with van der Waals surface area (Å²) in [4.78, 5) is 15.7. The van der Waals surface area contributed by atoms with E-state index in [4.69, 9.17) is 21.1 Å². The van der Waals surface area contributed by atoms with Gasteiger partial charge in [0.1, 0.15) is 0 Å². The monoisotopic (exact) mass is 487 g/mol. The molecule has 1 aliphatic rings. The lowest BCUT2D eigenvalue weighted by molar-refractivity contribution is 0.194. The van der Waals surface area contributed by atoms with Crippen molar-refractivity contribution in [2.45, 2.75) is 19.5 Å². The highest BCUT2D eigenvalue weighted by molar-refractivity contribution is 6.31. The van der Waals surface area contributed by atoms with Crippen molar-refractivity contribution in [2.75, 3.05) is 19.5 Å². The van der Waals surface area contributed by atoms with Gasteiger partial charge in [-0.2, -0.15) is 0 Å². The Labute approximate surface area is 209 Å². The van der Waals surface area contributed by atoms with Gasteiger partial charge in [-0.3, -0.25) is 0 Å². The second-order valence-electron chi connectivity index (χ2n) is 8.47. The first-order valence-corrected chi connectivity index (χ1v) is 11.7. The molecule has 0 bridgehead atoms. The molecular weight excluding hydrogens is 462 g/mol. The smallest absolute Gasteiger partial charge is 0.322 e. The minimum absolute atomic E-state index is 0.228. The Balaban J connectivity index is 1.64. The number of urea groups is 1. The maximum Gasteiger partial charge on any atom is 0.322 e. The maximum absolute atomic E-state index is 13.8. The number of benzene rings is 3. The van der Waals surface area contributed by atoms with Crippen LogP contribution in [0.15, 0.2) is 79.0 Å². The summed E-state index contributed by atoms with van der Waals surface area (Å²) >= 11 is 6.32. The van der Waals surface area contributed by atoms with Gasteiger partial charge in [0, 0.05) is 22.6 Å². The molecule has 1 aliphatic heterocycles. The molecule has 0 saturated heterocycles. The fourth-order valence-corrected chi connectivity index (χ4v) is 4.76. The third kappa shape index (κ3) is 4.21. The van der Waals surface area contributed by atoms with Crippen LogP contribution in [0.3, 0.4) is 0 Å². The van der Waals surface area contributed by atoms with Crippen molar-refractivity contribution in [2.24, 2.45) is 0 Å². The van der Waals surface area contributed by atoms with Crippen molar-refractivity contribution >= 4 is 23.3 Å². The molecule has 0 saturated carbocycles. The molecule has 2 amide bonds. The number of methoxy groups -OCH3 is 2. The zero-order chi connectivity index (χ0) is 24.5. The van der Waals surface area contributed by atoms with E-state index in [1.54, 1.807) is 20.3 Å². The Bertz CT molecular complexity index is 1400. The largest absolute Gasteiger partial charge is 0.493 e. The number of anilines is 1. The summed E-state index contributed by atoms with van der Waals surface area (Å²) in [6, 6.07) is 22.9. The van der Waals surface area contributed by atoms with E-state index in [1.165, 1.54) is 0 Å². The highest BCUT2D eigenvalue weighted by Crippen LogP contribution is 2.40. The van der Waals surface area contributed by atoms with Crippen LogP contribution in [-0.4, -0.2) is 29.7 Å². The number of fused-ring (bicyclic) bond motifs is 3. The molecule has 2 heterocycles. The summed E-state index contributed by atoms with van der Waals surface area (Å²) in [6.07, 6.45) is 2.03. The summed E-state index contributed by atoms with van der Waals surface area (Å²) in [5.74, 6) is 1.24.